The molecular formula is C27H35N9O4. The molecule has 0 bridgehead atoms. The molecular weight excluding hydrogens is 514 g/mol. The minimum atomic E-state index is -0.315. The van der Waals surface area contributed by atoms with Crippen molar-refractivity contribution in [2.45, 2.75) is 19.4 Å². The minimum Gasteiger partial charge on any atom is -0.395 e. The zero-order chi connectivity index (χ0) is 27.8. The van der Waals surface area contributed by atoms with Gasteiger partial charge in [-0.05, 0) is 12.1 Å². The normalized spacial score (nSPS) is 17.0. The molecule has 3 aromatic heterocycles. The lowest BCUT2D eigenvalue weighted by molar-refractivity contribution is 0.0311. The number of fused-ring (bicyclic) bond motifs is 2. The van der Waals surface area contributed by atoms with E-state index in [4.69, 9.17) is 24.7 Å². The summed E-state index contributed by atoms with van der Waals surface area (Å²) in [6, 6.07) is 7.63. The number of aliphatic hydroxyl groups is 2. The Morgan fingerprint density at radius 2 is 1.70 bits per heavy atom. The van der Waals surface area contributed by atoms with Gasteiger partial charge >= 0.3 is 0 Å². The van der Waals surface area contributed by atoms with Gasteiger partial charge in [-0.15, -0.1) is 0 Å². The number of benzene rings is 1. The highest BCUT2D eigenvalue weighted by molar-refractivity contribution is 5.96. The average Bonchev–Trinajstić information content (AvgIpc) is 3.55. The molecule has 5 heterocycles. The second-order valence-corrected chi connectivity index (χ2v) is 10.2. The summed E-state index contributed by atoms with van der Waals surface area (Å²) in [6.07, 6.45) is 0.706. The second-order valence-electron chi connectivity index (χ2n) is 10.2. The van der Waals surface area contributed by atoms with Crippen LogP contribution in [0, 0.1) is 0 Å². The van der Waals surface area contributed by atoms with Crippen molar-refractivity contribution in [1.29, 1.82) is 0 Å². The lowest BCUT2D eigenvalue weighted by atomic mass is 10.2. The zero-order valence-electron chi connectivity index (χ0n) is 22.9. The number of ether oxygens (including phenoxy) is 1. The number of anilines is 1. The van der Waals surface area contributed by atoms with E-state index in [0.717, 1.165) is 16.9 Å². The fourth-order valence-electron chi connectivity index (χ4n) is 5.58. The van der Waals surface area contributed by atoms with Crippen LogP contribution in [0.2, 0.25) is 0 Å². The van der Waals surface area contributed by atoms with Gasteiger partial charge in [0.2, 0.25) is 11.8 Å². The van der Waals surface area contributed by atoms with E-state index >= 15 is 0 Å². The monoisotopic (exact) mass is 549 g/mol. The van der Waals surface area contributed by atoms with Gasteiger partial charge in [-0.25, -0.2) is 9.97 Å². The van der Waals surface area contributed by atoms with Crippen LogP contribution in [0.5, 0.6) is 0 Å². The van der Waals surface area contributed by atoms with Gasteiger partial charge in [0.05, 0.1) is 43.5 Å². The van der Waals surface area contributed by atoms with Crippen LogP contribution in [0.15, 0.2) is 24.3 Å². The van der Waals surface area contributed by atoms with E-state index in [-0.39, 0.29) is 25.2 Å². The Labute approximate surface area is 231 Å². The first kappa shape index (κ1) is 26.6. The quantitative estimate of drug-likeness (QED) is 0.329. The molecule has 40 heavy (non-hydrogen) atoms. The third kappa shape index (κ3) is 4.58. The first-order chi connectivity index (χ1) is 19.5. The van der Waals surface area contributed by atoms with E-state index in [1.165, 1.54) is 0 Å². The first-order valence-electron chi connectivity index (χ1n) is 13.8. The summed E-state index contributed by atoms with van der Waals surface area (Å²) in [5.74, 6) is 2.15. The van der Waals surface area contributed by atoms with Crippen molar-refractivity contribution in [2.24, 2.45) is 7.05 Å². The first-order valence-corrected chi connectivity index (χ1v) is 13.8. The lowest BCUT2D eigenvalue weighted by Gasteiger charge is -2.37. The summed E-state index contributed by atoms with van der Waals surface area (Å²) in [5, 5.41) is 19.1. The van der Waals surface area contributed by atoms with E-state index in [1.54, 1.807) is 9.47 Å². The number of hydrogen-bond acceptors (Lipinski definition) is 10. The third-order valence-corrected chi connectivity index (χ3v) is 7.88. The lowest BCUT2D eigenvalue weighted by Crippen LogP contribution is -2.54. The molecule has 0 aliphatic carbocycles. The summed E-state index contributed by atoms with van der Waals surface area (Å²) >= 11 is 0. The van der Waals surface area contributed by atoms with Crippen LogP contribution in [0.25, 0.3) is 28.1 Å². The van der Waals surface area contributed by atoms with Crippen LogP contribution < -0.4 is 4.90 Å². The molecule has 13 nitrogen and oxygen atoms in total. The Morgan fingerprint density at radius 1 is 0.975 bits per heavy atom. The molecule has 0 atom stereocenters. The number of aromatic nitrogens is 6. The Hall–Kier alpha value is -3.65. The van der Waals surface area contributed by atoms with Crippen LogP contribution in [-0.2, 0) is 18.2 Å². The summed E-state index contributed by atoms with van der Waals surface area (Å²) in [6.45, 7) is 6.41. The molecule has 2 saturated heterocycles. The smallest absolute Gasteiger partial charge is 0.290 e. The highest BCUT2D eigenvalue weighted by Crippen LogP contribution is 2.29. The van der Waals surface area contributed by atoms with E-state index in [0.29, 0.717) is 87.7 Å². The number of imidazole rings is 2. The van der Waals surface area contributed by atoms with E-state index in [9.17, 15) is 15.0 Å². The number of carbonyl (C=O) groups excluding carboxylic acids is 1. The number of nitrogens with zero attached hydrogens (tertiary/aromatic N) is 9. The number of rotatable bonds is 7. The molecule has 1 amide bonds. The Morgan fingerprint density at radius 3 is 2.40 bits per heavy atom. The van der Waals surface area contributed by atoms with Gasteiger partial charge in [-0.1, -0.05) is 19.1 Å². The average molecular weight is 550 g/mol. The zero-order valence-corrected chi connectivity index (χ0v) is 22.9. The van der Waals surface area contributed by atoms with Crippen LogP contribution in [0.3, 0.4) is 0 Å². The maximum atomic E-state index is 13.7. The van der Waals surface area contributed by atoms with Crippen molar-refractivity contribution in [3.8, 4) is 5.95 Å². The molecule has 2 fully saturated rings. The second kappa shape index (κ2) is 11.1. The van der Waals surface area contributed by atoms with Gasteiger partial charge in [0, 0.05) is 52.7 Å². The highest BCUT2D eigenvalue weighted by Gasteiger charge is 2.31. The molecule has 0 radical (unpaired) electrons. The number of hydrogen-bond donors (Lipinski definition) is 2. The van der Waals surface area contributed by atoms with Crippen LogP contribution in [0.1, 0.15) is 23.4 Å². The van der Waals surface area contributed by atoms with E-state index < -0.39 is 0 Å². The predicted octanol–water partition coefficient (Wildman–Crippen LogP) is 0.212. The van der Waals surface area contributed by atoms with Crippen LogP contribution in [-0.4, -0.2) is 127 Å². The van der Waals surface area contributed by atoms with E-state index in [1.807, 2.05) is 40.8 Å². The fourth-order valence-corrected chi connectivity index (χ4v) is 5.58. The molecule has 13 heteroatoms. The number of amides is 1. The van der Waals surface area contributed by atoms with Gasteiger partial charge < -0.3 is 29.3 Å². The summed E-state index contributed by atoms with van der Waals surface area (Å²) in [5.41, 5.74) is 2.96. The fraction of sp³-hybridized carbons (Fsp3) is 0.519. The number of aryl methyl sites for hydroxylation is 2. The molecule has 0 spiro atoms. The molecule has 2 aliphatic heterocycles. The maximum absolute atomic E-state index is 13.7. The molecule has 2 aliphatic rings. The Kier molecular flexibility index (Phi) is 7.36. The van der Waals surface area contributed by atoms with E-state index in [2.05, 4.69) is 11.8 Å². The molecule has 1 aromatic carbocycles. The minimum absolute atomic E-state index is 0.119. The van der Waals surface area contributed by atoms with Crippen molar-refractivity contribution in [3.05, 3.63) is 35.9 Å². The molecule has 2 N–H and O–H groups in total. The molecule has 0 saturated carbocycles. The van der Waals surface area contributed by atoms with Gasteiger partial charge in [-0.3, -0.25) is 14.3 Å². The van der Waals surface area contributed by atoms with Crippen LogP contribution >= 0.6 is 0 Å². The molecule has 4 aromatic rings. The topological polar surface area (TPSA) is 138 Å². The summed E-state index contributed by atoms with van der Waals surface area (Å²) in [7, 11) is 1.82. The van der Waals surface area contributed by atoms with Crippen molar-refractivity contribution in [2.75, 3.05) is 70.6 Å². The van der Waals surface area contributed by atoms with Crippen LogP contribution in [0.4, 0.5) is 5.82 Å². The van der Waals surface area contributed by atoms with Gasteiger partial charge in [-0.2, -0.15) is 9.97 Å². The molecule has 6 rings (SSSR count). The molecule has 0 unspecified atom stereocenters. The number of carbonyl (C=O) groups is 1. The van der Waals surface area contributed by atoms with Crippen molar-refractivity contribution < 1.29 is 19.7 Å². The standard InChI is InChI=1S/C27H35N9O4/c1-3-21-28-19-6-4-5-7-20(19)36(21)27-30-23-22(24(31-27)34-12-14-40-15-13-34)29-25(32(23)2)26(39)35-10-8-33(9-11-35)18(16-37)17-38/h4-7,18,37-38H,3,8-17H2,1-2H3. The number of piperazine rings is 1. The van der Waals surface area contributed by atoms with Crippen molar-refractivity contribution >= 4 is 33.9 Å². The summed E-state index contributed by atoms with van der Waals surface area (Å²) < 4.78 is 9.35. The SMILES string of the molecule is CCc1nc2ccccc2n1-c1nc(N2CCOCC2)c2nc(C(=O)N3CCN(C(CO)CO)CC3)n(C)c2n1. The number of aliphatic hydroxyl groups excluding tert-OH is 2. The number of morpholine rings is 1. The van der Waals surface area contributed by atoms with Gasteiger partial charge in [0.25, 0.3) is 5.91 Å². The van der Waals surface area contributed by atoms with Gasteiger partial charge in [0.15, 0.2) is 17.0 Å². The Balaban J connectivity index is 1.42. The summed E-state index contributed by atoms with van der Waals surface area (Å²) in [4.78, 5) is 39.2. The van der Waals surface area contributed by atoms with Crippen molar-refractivity contribution in [1.82, 2.24) is 38.9 Å². The third-order valence-electron chi connectivity index (χ3n) is 7.88. The van der Waals surface area contributed by atoms with Gasteiger partial charge in [0.1, 0.15) is 5.82 Å². The maximum Gasteiger partial charge on any atom is 0.290 e. The molecule has 212 valence electrons. The van der Waals surface area contributed by atoms with Crippen molar-refractivity contribution in [3.63, 3.8) is 0 Å². The largest absolute Gasteiger partial charge is 0.395 e. The predicted molar refractivity (Wildman–Crippen MR) is 149 cm³/mol. The number of para-hydroxylation sites is 2. The Bertz CT molecular complexity index is 1520. The highest BCUT2D eigenvalue weighted by atomic mass is 16.5.